The van der Waals surface area contributed by atoms with Crippen LogP contribution in [-0.2, 0) is 9.59 Å². The van der Waals surface area contributed by atoms with Crippen molar-refractivity contribution in [1.29, 1.82) is 5.41 Å². The van der Waals surface area contributed by atoms with Gasteiger partial charge in [0.25, 0.3) is 0 Å². The zero-order valence-corrected chi connectivity index (χ0v) is 17.8. The minimum absolute atomic E-state index is 0.213. The molecule has 2 atom stereocenters. The maximum Gasteiger partial charge on any atom is 0.335 e. The predicted octanol–water partition coefficient (Wildman–Crippen LogP) is 0.692. The highest BCUT2D eigenvalue weighted by Gasteiger charge is 2.29. The molecule has 8 N–H and O–H groups in total. The van der Waals surface area contributed by atoms with E-state index >= 15 is 0 Å². The third-order valence-corrected chi connectivity index (χ3v) is 4.19. The zero-order chi connectivity index (χ0) is 24.1. The molecular formula is C20H29N5O7. The van der Waals surface area contributed by atoms with E-state index in [2.05, 4.69) is 27.8 Å². The number of rotatable bonds is 10. The number of guanidine groups is 1. The number of unbranched alkanes of at least 4 members (excludes halogenated alkanes) is 2. The monoisotopic (exact) mass is 451 g/mol. The van der Waals surface area contributed by atoms with Crippen LogP contribution in [-0.4, -0.2) is 75.4 Å². The summed E-state index contributed by atoms with van der Waals surface area (Å²) < 4.78 is 5.24. The summed E-state index contributed by atoms with van der Waals surface area (Å²) in [6.07, 6.45) is 2.45. The van der Waals surface area contributed by atoms with E-state index in [1.807, 2.05) is 24.4 Å². The van der Waals surface area contributed by atoms with Crippen LogP contribution >= 0.6 is 0 Å². The van der Waals surface area contributed by atoms with Crippen molar-refractivity contribution < 1.29 is 34.8 Å². The molecule has 0 radical (unpaired) electrons. The Bertz CT molecular complexity index is 910. The van der Waals surface area contributed by atoms with Crippen molar-refractivity contribution >= 4 is 35.0 Å². The van der Waals surface area contributed by atoms with Gasteiger partial charge in [-0.05, 0) is 24.6 Å². The summed E-state index contributed by atoms with van der Waals surface area (Å²) in [6.45, 7) is 2.95. The highest BCUT2D eigenvalue weighted by Crippen LogP contribution is 2.22. The number of aliphatic hydroxyl groups excluding tert-OH is 2. The smallest absolute Gasteiger partial charge is 0.335 e. The lowest BCUT2D eigenvalue weighted by Gasteiger charge is -2.07. The summed E-state index contributed by atoms with van der Waals surface area (Å²) in [6, 6.07) is 5.84. The number of nitrogens with zero attached hydrogens (tertiary/aromatic N) is 1. The number of methoxy groups -OCH3 is 1. The molecular weight excluding hydrogens is 422 g/mol. The molecule has 0 fully saturated rings. The Hall–Kier alpha value is -3.64. The number of hydrogen-bond acceptors (Lipinski definition) is 7. The molecule has 0 saturated carbocycles. The van der Waals surface area contributed by atoms with E-state index in [1.54, 1.807) is 13.3 Å². The van der Waals surface area contributed by atoms with E-state index in [0.717, 1.165) is 35.2 Å². The Kier molecular flexibility index (Phi) is 11.2. The number of aliphatic hydroxyl groups is 2. The van der Waals surface area contributed by atoms with Crippen LogP contribution in [0.5, 0.6) is 5.75 Å². The molecule has 0 bridgehead atoms. The number of fused-ring (bicyclic) bond motifs is 1. The Morgan fingerprint density at radius 1 is 1.22 bits per heavy atom. The molecule has 1 aromatic heterocycles. The van der Waals surface area contributed by atoms with Crippen LogP contribution in [0.25, 0.3) is 10.9 Å². The molecule has 12 heteroatoms. The number of benzene rings is 1. The van der Waals surface area contributed by atoms with Crippen molar-refractivity contribution in [2.75, 3.05) is 13.7 Å². The first kappa shape index (κ1) is 26.4. The lowest BCUT2D eigenvalue weighted by Crippen LogP contribution is -2.39. The lowest BCUT2D eigenvalue weighted by molar-refractivity contribution is -0.165. The van der Waals surface area contributed by atoms with Crippen molar-refractivity contribution in [2.24, 2.45) is 5.10 Å². The summed E-state index contributed by atoms with van der Waals surface area (Å²) in [5.41, 5.74) is 4.66. The van der Waals surface area contributed by atoms with E-state index in [4.69, 9.17) is 30.6 Å². The van der Waals surface area contributed by atoms with Crippen LogP contribution in [0.15, 0.2) is 29.5 Å². The Labute approximate surface area is 184 Å². The molecule has 1 aromatic carbocycles. The number of hydrogen-bond donors (Lipinski definition) is 8. The Morgan fingerprint density at radius 2 is 1.88 bits per heavy atom. The summed E-state index contributed by atoms with van der Waals surface area (Å²) in [5, 5.41) is 48.4. The van der Waals surface area contributed by atoms with Gasteiger partial charge in [0.2, 0.25) is 5.96 Å². The van der Waals surface area contributed by atoms with Crippen molar-refractivity contribution in [3.63, 3.8) is 0 Å². The number of carbonyl (C=O) groups is 2. The van der Waals surface area contributed by atoms with Crippen molar-refractivity contribution in [3.8, 4) is 5.75 Å². The molecule has 0 spiro atoms. The summed E-state index contributed by atoms with van der Waals surface area (Å²) in [7, 11) is 1.65. The number of aromatic amines is 1. The SMILES string of the molecule is CCCCCNC(=N)N/N=C/c1c[nH]c2ccc(OC)cc12.O=C(O)C(O)C(O)C(=O)O. The van der Waals surface area contributed by atoms with Gasteiger partial charge in [0, 0.05) is 29.2 Å². The molecule has 2 unspecified atom stereocenters. The normalized spacial score (nSPS) is 12.5. The summed E-state index contributed by atoms with van der Waals surface area (Å²) in [4.78, 5) is 22.7. The molecule has 0 amide bonds. The number of nitrogens with one attached hydrogen (secondary N) is 4. The maximum absolute atomic E-state index is 9.77. The Balaban J connectivity index is 0.000000433. The van der Waals surface area contributed by atoms with Gasteiger partial charge in [-0.1, -0.05) is 19.8 Å². The fourth-order valence-corrected chi connectivity index (χ4v) is 2.42. The van der Waals surface area contributed by atoms with E-state index < -0.39 is 24.1 Å². The van der Waals surface area contributed by atoms with Gasteiger partial charge in [-0.15, -0.1) is 0 Å². The van der Waals surface area contributed by atoms with Gasteiger partial charge < -0.3 is 35.5 Å². The van der Waals surface area contributed by atoms with Gasteiger partial charge in [-0.3, -0.25) is 5.41 Å². The molecule has 12 nitrogen and oxygen atoms in total. The highest BCUT2D eigenvalue weighted by molar-refractivity contribution is 5.99. The van der Waals surface area contributed by atoms with Crippen LogP contribution < -0.4 is 15.5 Å². The third-order valence-electron chi connectivity index (χ3n) is 4.19. The average molecular weight is 451 g/mol. The van der Waals surface area contributed by atoms with E-state index in [9.17, 15) is 9.59 Å². The fraction of sp³-hybridized carbons (Fsp3) is 0.400. The minimum atomic E-state index is -2.27. The van der Waals surface area contributed by atoms with Crippen LogP contribution in [0.4, 0.5) is 0 Å². The number of hydrazone groups is 1. The second-order valence-electron chi connectivity index (χ2n) is 6.60. The number of carboxylic acid groups (broad SMARTS) is 2. The van der Waals surface area contributed by atoms with Crippen LogP contribution in [0, 0.1) is 5.41 Å². The molecule has 1 heterocycles. The number of ether oxygens (including phenoxy) is 1. The van der Waals surface area contributed by atoms with Crippen LogP contribution in [0.3, 0.4) is 0 Å². The van der Waals surface area contributed by atoms with Crippen molar-refractivity contribution in [3.05, 3.63) is 30.0 Å². The van der Waals surface area contributed by atoms with Gasteiger partial charge in [0.1, 0.15) is 5.75 Å². The van der Waals surface area contributed by atoms with Gasteiger partial charge in [0.05, 0.1) is 13.3 Å². The number of carboxylic acids is 2. The molecule has 0 aliphatic heterocycles. The first-order valence-corrected chi connectivity index (χ1v) is 9.79. The molecule has 32 heavy (non-hydrogen) atoms. The van der Waals surface area contributed by atoms with Crippen molar-refractivity contribution in [2.45, 2.75) is 38.4 Å². The maximum atomic E-state index is 9.77. The average Bonchev–Trinajstić information content (AvgIpc) is 3.18. The zero-order valence-electron chi connectivity index (χ0n) is 17.8. The minimum Gasteiger partial charge on any atom is -0.497 e. The molecule has 2 aromatic rings. The number of aliphatic carboxylic acids is 2. The first-order valence-electron chi connectivity index (χ1n) is 9.79. The fourth-order valence-electron chi connectivity index (χ4n) is 2.42. The van der Waals surface area contributed by atoms with Gasteiger partial charge in [0.15, 0.2) is 12.2 Å². The largest absolute Gasteiger partial charge is 0.497 e. The lowest BCUT2D eigenvalue weighted by atomic mass is 10.2. The topological polar surface area (TPSA) is 200 Å². The Morgan fingerprint density at radius 3 is 2.44 bits per heavy atom. The van der Waals surface area contributed by atoms with Crippen LogP contribution in [0.1, 0.15) is 31.7 Å². The number of aromatic nitrogens is 1. The molecule has 176 valence electrons. The second kappa shape index (κ2) is 13.6. The molecule has 0 saturated heterocycles. The van der Waals surface area contributed by atoms with E-state index in [0.29, 0.717) is 0 Å². The van der Waals surface area contributed by atoms with E-state index in [-0.39, 0.29) is 5.96 Å². The highest BCUT2D eigenvalue weighted by atomic mass is 16.5. The third kappa shape index (κ3) is 8.62. The van der Waals surface area contributed by atoms with Crippen molar-refractivity contribution in [1.82, 2.24) is 15.7 Å². The molecule has 0 aliphatic rings. The predicted molar refractivity (Wildman–Crippen MR) is 118 cm³/mol. The summed E-state index contributed by atoms with van der Waals surface area (Å²) >= 11 is 0. The quantitative estimate of drug-likeness (QED) is 0.111. The molecule has 0 aliphatic carbocycles. The number of H-pyrrole nitrogens is 1. The molecule has 2 rings (SSSR count). The van der Waals surface area contributed by atoms with Gasteiger partial charge in [-0.25, -0.2) is 15.0 Å². The van der Waals surface area contributed by atoms with E-state index in [1.165, 1.54) is 12.8 Å². The first-order chi connectivity index (χ1) is 15.2. The summed E-state index contributed by atoms with van der Waals surface area (Å²) in [5.74, 6) is -2.52. The van der Waals surface area contributed by atoms with Crippen LogP contribution in [0.2, 0.25) is 0 Å². The second-order valence-corrected chi connectivity index (χ2v) is 6.60. The standard InChI is InChI=1S/C16H23N5O.C4H6O6/c1-3-4-5-8-18-16(17)21-20-11-12-10-19-15-7-6-13(22-2)9-14(12)15;5-1(3(7)8)2(6)4(9)10/h6-7,9-11,19H,3-5,8H2,1-2H3,(H3,17,18,21);1-2,5-6H,(H,7,8)(H,9,10)/b20-11+;. The van der Waals surface area contributed by atoms with Gasteiger partial charge >= 0.3 is 11.9 Å². The van der Waals surface area contributed by atoms with Gasteiger partial charge in [-0.2, -0.15) is 5.10 Å².